The molecule has 1 amide bonds. The summed E-state index contributed by atoms with van der Waals surface area (Å²) in [6.07, 6.45) is 2.14. The first-order valence-corrected chi connectivity index (χ1v) is 8.48. The quantitative estimate of drug-likeness (QED) is 0.549. The molecular formula is C18H16N6O3. The molecule has 0 aliphatic heterocycles. The fourth-order valence-electron chi connectivity index (χ4n) is 2.93. The monoisotopic (exact) mass is 364 g/mol. The van der Waals surface area contributed by atoms with Gasteiger partial charge in [0.1, 0.15) is 5.56 Å². The number of rotatable bonds is 5. The highest BCUT2D eigenvalue weighted by Gasteiger charge is 2.28. The van der Waals surface area contributed by atoms with Gasteiger partial charge in [-0.2, -0.15) is 0 Å². The Morgan fingerprint density at radius 1 is 1.22 bits per heavy atom. The minimum Gasteiger partial charge on any atom is -0.322 e. The first-order chi connectivity index (χ1) is 13.0. The molecule has 3 aromatic rings. The van der Waals surface area contributed by atoms with E-state index in [0.29, 0.717) is 23.1 Å². The number of nitrogens with one attached hydrogen (secondary N) is 1. The predicted octanol–water partition coefficient (Wildman–Crippen LogP) is 3.14. The Hall–Kier alpha value is -3.62. The summed E-state index contributed by atoms with van der Waals surface area (Å²) >= 11 is 0. The number of carbonyl (C=O) groups is 1. The zero-order valence-corrected chi connectivity index (χ0v) is 14.5. The smallest absolute Gasteiger partial charge is 0.285 e. The van der Waals surface area contributed by atoms with Gasteiger partial charge in [-0.05, 0) is 60.5 Å². The van der Waals surface area contributed by atoms with Crippen molar-refractivity contribution in [1.29, 1.82) is 0 Å². The minimum absolute atomic E-state index is 0.0294. The Kier molecular flexibility index (Phi) is 4.11. The molecule has 1 fully saturated rings. The standard InChI is InChI=1S/C18H16N6O3/c1-11-3-2-4-15(16(11)24(26)27)18(25)19-13-7-5-12(6-8-13)17-20-21-22-23(17)14-9-10-14/h2-8,14H,9-10H2,1H3,(H,19,25). The zero-order chi connectivity index (χ0) is 19.0. The molecule has 136 valence electrons. The van der Waals surface area contributed by atoms with E-state index in [1.165, 1.54) is 6.07 Å². The van der Waals surface area contributed by atoms with Crippen molar-refractivity contribution in [2.75, 3.05) is 5.32 Å². The van der Waals surface area contributed by atoms with Crippen LogP contribution in [-0.4, -0.2) is 31.0 Å². The van der Waals surface area contributed by atoms with E-state index in [4.69, 9.17) is 0 Å². The molecule has 9 nitrogen and oxygen atoms in total. The minimum atomic E-state index is -0.537. The zero-order valence-electron chi connectivity index (χ0n) is 14.5. The van der Waals surface area contributed by atoms with Crippen LogP contribution in [0, 0.1) is 17.0 Å². The number of aryl methyl sites for hydroxylation is 1. The van der Waals surface area contributed by atoms with E-state index in [9.17, 15) is 14.9 Å². The van der Waals surface area contributed by atoms with Crippen LogP contribution in [0.5, 0.6) is 0 Å². The van der Waals surface area contributed by atoms with Crippen molar-refractivity contribution in [1.82, 2.24) is 20.2 Å². The number of tetrazole rings is 1. The van der Waals surface area contributed by atoms with Crippen LogP contribution in [0.25, 0.3) is 11.4 Å². The van der Waals surface area contributed by atoms with Gasteiger partial charge < -0.3 is 5.32 Å². The Labute approximate surface area is 154 Å². The van der Waals surface area contributed by atoms with Gasteiger partial charge >= 0.3 is 0 Å². The number of hydrogen-bond acceptors (Lipinski definition) is 6. The largest absolute Gasteiger partial charge is 0.322 e. The lowest BCUT2D eigenvalue weighted by Gasteiger charge is -2.08. The molecule has 0 bridgehead atoms. The SMILES string of the molecule is Cc1cccc(C(=O)Nc2ccc(-c3nnnn3C3CC3)cc2)c1[N+](=O)[O-]. The molecule has 4 rings (SSSR count). The number of carbonyl (C=O) groups excluding carboxylic acids is 1. The van der Waals surface area contributed by atoms with Crippen molar-refractivity contribution in [3.05, 3.63) is 63.7 Å². The lowest BCUT2D eigenvalue weighted by Crippen LogP contribution is -2.14. The Morgan fingerprint density at radius 2 is 1.96 bits per heavy atom. The maximum Gasteiger partial charge on any atom is 0.285 e. The first kappa shape index (κ1) is 16.8. The topological polar surface area (TPSA) is 116 Å². The van der Waals surface area contributed by atoms with Crippen LogP contribution >= 0.6 is 0 Å². The van der Waals surface area contributed by atoms with Crippen LogP contribution in [-0.2, 0) is 0 Å². The first-order valence-electron chi connectivity index (χ1n) is 8.48. The van der Waals surface area contributed by atoms with E-state index in [1.54, 1.807) is 31.2 Å². The molecule has 0 spiro atoms. The number of aromatic nitrogens is 4. The lowest BCUT2D eigenvalue weighted by atomic mass is 10.1. The number of nitro benzene ring substituents is 1. The number of nitro groups is 1. The second-order valence-corrected chi connectivity index (χ2v) is 6.44. The van der Waals surface area contributed by atoms with Gasteiger partial charge in [0.05, 0.1) is 11.0 Å². The highest BCUT2D eigenvalue weighted by molar-refractivity contribution is 6.07. The van der Waals surface area contributed by atoms with Crippen molar-refractivity contribution in [2.24, 2.45) is 0 Å². The third kappa shape index (κ3) is 3.26. The summed E-state index contributed by atoms with van der Waals surface area (Å²) in [4.78, 5) is 23.2. The average Bonchev–Trinajstić information content (AvgIpc) is 3.38. The Balaban J connectivity index is 1.55. The maximum atomic E-state index is 12.5. The molecule has 1 aromatic heterocycles. The lowest BCUT2D eigenvalue weighted by molar-refractivity contribution is -0.385. The van der Waals surface area contributed by atoms with Crippen molar-refractivity contribution in [3.8, 4) is 11.4 Å². The summed E-state index contributed by atoms with van der Waals surface area (Å²) < 4.78 is 1.81. The van der Waals surface area contributed by atoms with Gasteiger partial charge in [-0.3, -0.25) is 14.9 Å². The molecule has 0 unspecified atom stereocenters. The van der Waals surface area contributed by atoms with Gasteiger partial charge in [0, 0.05) is 16.8 Å². The van der Waals surface area contributed by atoms with Crippen molar-refractivity contribution < 1.29 is 9.72 Å². The summed E-state index contributed by atoms with van der Waals surface area (Å²) in [5, 5.41) is 25.8. The number of amides is 1. The number of para-hydroxylation sites is 1. The third-order valence-electron chi connectivity index (χ3n) is 4.45. The number of benzene rings is 2. The van der Waals surface area contributed by atoms with Crippen molar-refractivity contribution >= 4 is 17.3 Å². The van der Waals surface area contributed by atoms with Crippen molar-refractivity contribution in [3.63, 3.8) is 0 Å². The number of nitrogens with zero attached hydrogens (tertiary/aromatic N) is 5. The maximum absolute atomic E-state index is 12.5. The fraction of sp³-hybridized carbons (Fsp3) is 0.222. The molecule has 0 atom stereocenters. The van der Waals surface area contributed by atoms with Crippen LogP contribution in [0.1, 0.15) is 34.8 Å². The molecule has 1 N–H and O–H groups in total. The van der Waals surface area contributed by atoms with E-state index < -0.39 is 10.8 Å². The van der Waals surface area contributed by atoms with E-state index >= 15 is 0 Å². The predicted molar refractivity (Wildman–Crippen MR) is 97.3 cm³/mol. The van der Waals surface area contributed by atoms with E-state index in [0.717, 1.165) is 18.4 Å². The van der Waals surface area contributed by atoms with Crippen LogP contribution in [0.15, 0.2) is 42.5 Å². The molecule has 9 heteroatoms. The average molecular weight is 364 g/mol. The van der Waals surface area contributed by atoms with Crippen LogP contribution in [0.3, 0.4) is 0 Å². The second-order valence-electron chi connectivity index (χ2n) is 6.44. The van der Waals surface area contributed by atoms with E-state index in [1.807, 2.05) is 16.8 Å². The molecule has 27 heavy (non-hydrogen) atoms. The van der Waals surface area contributed by atoms with Gasteiger partial charge in [0.15, 0.2) is 5.82 Å². The molecule has 1 aliphatic rings. The van der Waals surface area contributed by atoms with Gasteiger partial charge in [0.25, 0.3) is 11.6 Å². The van der Waals surface area contributed by atoms with Gasteiger partial charge in [-0.25, -0.2) is 4.68 Å². The number of hydrogen-bond donors (Lipinski definition) is 1. The van der Waals surface area contributed by atoms with Crippen LogP contribution in [0.4, 0.5) is 11.4 Å². The molecule has 0 radical (unpaired) electrons. The Bertz CT molecular complexity index is 1020. The molecule has 2 aromatic carbocycles. The van der Waals surface area contributed by atoms with E-state index in [-0.39, 0.29) is 11.3 Å². The van der Waals surface area contributed by atoms with Gasteiger partial charge in [-0.15, -0.1) is 5.10 Å². The third-order valence-corrected chi connectivity index (χ3v) is 4.45. The molecule has 1 aliphatic carbocycles. The van der Waals surface area contributed by atoms with Crippen LogP contribution < -0.4 is 5.32 Å². The highest BCUT2D eigenvalue weighted by atomic mass is 16.6. The molecular weight excluding hydrogens is 348 g/mol. The summed E-state index contributed by atoms with van der Waals surface area (Å²) in [6, 6.07) is 12.1. The summed E-state index contributed by atoms with van der Waals surface area (Å²) in [6.45, 7) is 1.60. The van der Waals surface area contributed by atoms with Crippen LogP contribution in [0.2, 0.25) is 0 Å². The summed E-state index contributed by atoms with van der Waals surface area (Å²) in [5.74, 6) is 0.158. The Morgan fingerprint density at radius 3 is 2.63 bits per heavy atom. The molecule has 0 saturated heterocycles. The van der Waals surface area contributed by atoms with E-state index in [2.05, 4.69) is 20.8 Å². The summed E-state index contributed by atoms with van der Waals surface area (Å²) in [7, 11) is 0. The second kappa shape index (κ2) is 6.60. The van der Waals surface area contributed by atoms with Gasteiger partial charge in [-0.1, -0.05) is 12.1 Å². The normalized spacial score (nSPS) is 13.4. The number of anilines is 1. The van der Waals surface area contributed by atoms with Gasteiger partial charge in [0.2, 0.25) is 0 Å². The summed E-state index contributed by atoms with van der Waals surface area (Å²) in [5.41, 5.74) is 1.66. The molecule has 1 saturated carbocycles. The fourth-order valence-corrected chi connectivity index (χ4v) is 2.93. The molecule has 1 heterocycles. The highest BCUT2D eigenvalue weighted by Crippen LogP contribution is 2.36. The van der Waals surface area contributed by atoms with Crippen molar-refractivity contribution in [2.45, 2.75) is 25.8 Å².